The first-order chi connectivity index (χ1) is 17.8. The van der Waals surface area contributed by atoms with E-state index < -0.39 is 11.9 Å². The van der Waals surface area contributed by atoms with Crippen LogP contribution in [0.3, 0.4) is 0 Å². The average molecular weight is 537 g/mol. The zero-order valence-corrected chi connectivity index (χ0v) is 21.1. The fourth-order valence-corrected chi connectivity index (χ4v) is 7.27. The number of allylic oxidation sites excluding steroid dienone is 2. The van der Waals surface area contributed by atoms with Crippen molar-refractivity contribution in [2.45, 2.75) is 12.8 Å². The van der Waals surface area contributed by atoms with Gasteiger partial charge in [0.25, 0.3) is 0 Å². The Hall–Kier alpha value is -3.16. The highest BCUT2D eigenvalue weighted by Crippen LogP contribution is 2.65. The van der Waals surface area contributed by atoms with E-state index in [0.717, 1.165) is 6.42 Å². The molecule has 0 radical (unpaired) electrons. The molecule has 0 N–H and O–H groups in total. The Morgan fingerprint density at radius 3 is 2.32 bits per heavy atom. The molecule has 4 fully saturated rings. The number of nitrogens with zero attached hydrogens (tertiary/aromatic N) is 2. The minimum Gasteiger partial charge on any atom is -0.426 e. The van der Waals surface area contributed by atoms with Gasteiger partial charge in [0.05, 0.1) is 34.2 Å². The third-order valence-electron chi connectivity index (χ3n) is 8.61. The van der Waals surface area contributed by atoms with Crippen LogP contribution in [-0.4, -0.2) is 30.2 Å². The maximum atomic E-state index is 13.4. The normalized spacial score (nSPS) is 33.1. The van der Waals surface area contributed by atoms with Crippen molar-refractivity contribution in [1.82, 2.24) is 0 Å². The first-order valence-electron chi connectivity index (χ1n) is 12.4. The van der Waals surface area contributed by atoms with E-state index in [-0.39, 0.29) is 60.1 Å². The molecule has 2 saturated heterocycles. The van der Waals surface area contributed by atoms with Gasteiger partial charge in [-0.15, -0.1) is 0 Å². The molecule has 4 aliphatic carbocycles. The van der Waals surface area contributed by atoms with E-state index >= 15 is 0 Å². The van der Waals surface area contributed by atoms with Crippen LogP contribution in [-0.2, 0) is 19.2 Å². The second-order valence-electron chi connectivity index (χ2n) is 10.6. The predicted molar refractivity (Wildman–Crippen MR) is 136 cm³/mol. The molecule has 8 rings (SSSR count). The Morgan fingerprint density at radius 1 is 0.919 bits per heavy atom. The van der Waals surface area contributed by atoms with Crippen LogP contribution >= 0.6 is 23.2 Å². The number of ether oxygens (including phenoxy) is 1. The molecular formula is C28H22Cl2N2O5. The summed E-state index contributed by atoms with van der Waals surface area (Å²) in [6.45, 7) is 0.113. The van der Waals surface area contributed by atoms with Crippen molar-refractivity contribution in [2.75, 3.05) is 16.3 Å². The van der Waals surface area contributed by atoms with Gasteiger partial charge in [0.15, 0.2) is 0 Å². The third-order valence-corrected chi connectivity index (χ3v) is 9.17. The lowest BCUT2D eigenvalue weighted by molar-refractivity contribution is -0.139. The van der Waals surface area contributed by atoms with Gasteiger partial charge in [-0.3, -0.25) is 19.2 Å². The van der Waals surface area contributed by atoms with Crippen LogP contribution in [0.4, 0.5) is 11.4 Å². The van der Waals surface area contributed by atoms with Gasteiger partial charge in [-0.1, -0.05) is 41.4 Å². The number of esters is 1. The van der Waals surface area contributed by atoms with E-state index in [0.29, 0.717) is 33.3 Å². The summed E-state index contributed by atoms with van der Waals surface area (Å²) in [5.41, 5.74) is 0.850. The smallest absolute Gasteiger partial charge is 0.316 e. The first kappa shape index (κ1) is 23.0. The topological polar surface area (TPSA) is 84.0 Å². The molecule has 7 atom stereocenters. The molecule has 2 heterocycles. The number of anilines is 2. The number of imide groups is 1. The van der Waals surface area contributed by atoms with Gasteiger partial charge >= 0.3 is 5.97 Å². The summed E-state index contributed by atoms with van der Waals surface area (Å²) in [5, 5.41) is 0.794. The molecule has 7 nitrogen and oxygen atoms in total. The van der Waals surface area contributed by atoms with E-state index in [2.05, 4.69) is 12.2 Å². The first-order valence-corrected chi connectivity index (χ1v) is 13.2. The summed E-state index contributed by atoms with van der Waals surface area (Å²) in [6.07, 6.45) is 5.35. The Bertz CT molecular complexity index is 1390. The van der Waals surface area contributed by atoms with Crippen molar-refractivity contribution in [3.63, 3.8) is 0 Å². The molecule has 2 aromatic rings. The van der Waals surface area contributed by atoms with E-state index in [4.69, 9.17) is 27.9 Å². The van der Waals surface area contributed by atoms with E-state index in [9.17, 15) is 19.2 Å². The number of benzene rings is 2. The van der Waals surface area contributed by atoms with Crippen molar-refractivity contribution in [1.29, 1.82) is 0 Å². The van der Waals surface area contributed by atoms with Gasteiger partial charge in [-0.2, -0.15) is 0 Å². The molecule has 2 saturated carbocycles. The van der Waals surface area contributed by atoms with E-state index in [1.807, 2.05) is 0 Å². The highest BCUT2D eigenvalue weighted by molar-refractivity contribution is 6.36. The predicted octanol–water partition coefficient (Wildman–Crippen LogP) is 4.51. The number of hydrogen-bond donors (Lipinski definition) is 0. The van der Waals surface area contributed by atoms with Crippen LogP contribution in [0.1, 0.15) is 12.8 Å². The number of carbonyl (C=O) groups excluding carboxylic acids is 4. The van der Waals surface area contributed by atoms with Gasteiger partial charge in [0.1, 0.15) is 5.75 Å². The maximum absolute atomic E-state index is 13.4. The highest BCUT2D eigenvalue weighted by Gasteiger charge is 2.67. The molecular weight excluding hydrogens is 515 g/mol. The number of halogens is 2. The summed E-state index contributed by atoms with van der Waals surface area (Å²) in [7, 11) is 0. The van der Waals surface area contributed by atoms with Gasteiger partial charge in [-0.25, -0.2) is 4.90 Å². The van der Waals surface area contributed by atoms with E-state index in [1.54, 1.807) is 42.5 Å². The number of amides is 3. The van der Waals surface area contributed by atoms with Crippen LogP contribution in [0.15, 0.2) is 54.6 Å². The minimum atomic E-state index is -0.697. The minimum absolute atomic E-state index is 0.0219. The van der Waals surface area contributed by atoms with Gasteiger partial charge in [0, 0.05) is 24.1 Å². The van der Waals surface area contributed by atoms with Gasteiger partial charge in [0.2, 0.25) is 17.7 Å². The van der Waals surface area contributed by atoms with Gasteiger partial charge in [-0.05, 0) is 60.4 Å². The summed E-state index contributed by atoms with van der Waals surface area (Å²) < 4.78 is 5.61. The SMILES string of the molecule is O=C(Oc1cccc(N2C(=O)[C@@H]3[C@H]4C=C[C@@H]([C@@H]5C[C@H]45)[C@H]3C2=O)c1)[C@@H]1CC(=O)N(c2cc(Cl)ccc2Cl)C1. The summed E-state index contributed by atoms with van der Waals surface area (Å²) in [5.74, 6) is -0.915. The Balaban J connectivity index is 1.08. The molecule has 6 aliphatic rings. The van der Waals surface area contributed by atoms with Crippen LogP contribution in [0.2, 0.25) is 10.0 Å². The lowest BCUT2D eigenvalue weighted by Crippen LogP contribution is -2.40. The standard InChI is InChI=1S/C28H22Cl2N2O5/c29-14-4-7-21(30)22(9-14)31-12-13(8-23(31)33)28(36)37-16-3-1-2-15(10-16)32-26(34)24-17-5-6-18(20-11-19(17)20)25(24)27(32)35/h1-7,9-10,13,17-20,24-25H,8,11-12H2/t13-,17+,18+,19-,20+,24-,25-/m1/s1. The fourth-order valence-electron chi connectivity index (χ4n) is 6.89. The van der Waals surface area contributed by atoms with Crippen LogP contribution < -0.4 is 14.5 Å². The zero-order chi connectivity index (χ0) is 25.6. The molecule has 9 heteroatoms. The molecule has 0 unspecified atom stereocenters. The second kappa shape index (κ2) is 8.17. The highest BCUT2D eigenvalue weighted by atomic mass is 35.5. The molecule has 0 aromatic heterocycles. The average Bonchev–Trinajstić information content (AvgIpc) is 3.56. The van der Waals surface area contributed by atoms with Gasteiger partial charge < -0.3 is 9.64 Å². The van der Waals surface area contributed by atoms with Crippen molar-refractivity contribution >= 4 is 58.3 Å². The molecule has 2 bridgehead atoms. The molecule has 3 amide bonds. The lowest BCUT2D eigenvalue weighted by Gasteiger charge is -2.37. The molecule has 2 aromatic carbocycles. The second-order valence-corrected chi connectivity index (χ2v) is 11.4. The monoisotopic (exact) mass is 536 g/mol. The molecule has 37 heavy (non-hydrogen) atoms. The largest absolute Gasteiger partial charge is 0.426 e. The Kier molecular flexibility index (Phi) is 5.08. The van der Waals surface area contributed by atoms with Crippen LogP contribution in [0.25, 0.3) is 0 Å². The number of carbonyl (C=O) groups is 4. The molecule has 2 aliphatic heterocycles. The van der Waals surface area contributed by atoms with Crippen LogP contribution in [0, 0.1) is 41.4 Å². The fraction of sp³-hybridized carbons (Fsp3) is 0.357. The molecule has 188 valence electrons. The van der Waals surface area contributed by atoms with E-state index in [1.165, 1.54) is 9.80 Å². The zero-order valence-electron chi connectivity index (χ0n) is 19.6. The Morgan fingerprint density at radius 2 is 1.62 bits per heavy atom. The number of hydrogen-bond acceptors (Lipinski definition) is 5. The van der Waals surface area contributed by atoms with Crippen molar-refractivity contribution in [3.8, 4) is 5.75 Å². The summed E-state index contributed by atoms with van der Waals surface area (Å²) >= 11 is 12.3. The van der Waals surface area contributed by atoms with Crippen molar-refractivity contribution < 1.29 is 23.9 Å². The lowest BCUT2D eigenvalue weighted by atomic mass is 9.63. The Labute approximate surface area is 222 Å². The summed E-state index contributed by atoms with van der Waals surface area (Å²) in [6, 6.07) is 11.3. The quantitative estimate of drug-likeness (QED) is 0.248. The third kappa shape index (κ3) is 3.47. The number of rotatable bonds is 4. The maximum Gasteiger partial charge on any atom is 0.316 e. The summed E-state index contributed by atoms with van der Waals surface area (Å²) in [4.78, 5) is 55.1. The van der Waals surface area contributed by atoms with Crippen molar-refractivity contribution in [3.05, 3.63) is 64.7 Å². The van der Waals surface area contributed by atoms with Crippen LogP contribution in [0.5, 0.6) is 5.75 Å². The molecule has 0 spiro atoms. The van der Waals surface area contributed by atoms with Crippen molar-refractivity contribution in [2.24, 2.45) is 41.4 Å².